The van der Waals surface area contributed by atoms with E-state index in [9.17, 15) is 19.5 Å². The first kappa shape index (κ1) is 23.4. The maximum absolute atomic E-state index is 12.5. The van der Waals surface area contributed by atoms with Crippen LogP contribution in [-0.2, 0) is 23.1 Å². The van der Waals surface area contributed by atoms with E-state index in [2.05, 4.69) is 9.97 Å². The van der Waals surface area contributed by atoms with E-state index >= 15 is 0 Å². The molecule has 0 amide bonds. The minimum atomic E-state index is -1.01. The number of hydrogen-bond donors (Lipinski definition) is 2. The van der Waals surface area contributed by atoms with E-state index < -0.39 is 23.3 Å². The van der Waals surface area contributed by atoms with Crippen molar-refractivity contribution in [1.29, 1.82) is 0 Å². The van der Waals surface area contributed by atoms with E-state index in [-0.39, 0.29) is 36.7 Å². The zero-order valence-corrected chi connectivity index (χ0v) is 18.7. The number of carbonyl (C=O) groups is 1. The number of benzene rings is 1. The first-order valence-corrected chi connectivity index (χ1v) is 10.8. The molecule has 11 nitrogen and oxygen atoms in total. The van der Waals surface area contributed by atoms with Crippen LogP contribution < -0.4 is 20.7 Å². The van der Waals surface area contributed by atoms with Crippen LogP contribution in [0, 0.1) is 0 Å². The van der Waals surface area contributed by atoms with Gasteiger partial charge in [-0.2, -0.15) is 0 Å². The normalized spacial score (nSPS) is 12.0. The van der Waals surface area contributed by atoms with Gasteiger partial charge in [-0.1, -0.05) is 11.8 Å². The third kappa shape index (κ3) is 5.32. The number of rotatable bonds is 10. The van der Waals surface area contributed by atoms with Crippen LogP contribution in [0.2, 0.25) is 0 Å². The van der Waals surface area contributed by atoms with Crippen LogP contribution in [0.25, 0.3) is 11.2 Å². The Bertz CT molecular complexity index is 1200. The summed E-state index contributed by atoms with van der Waals surface area (Å²) in [6, 6.07) is 6.88. The van der Waals surface area contributed by atoms with Crippen molar-refractivity contribution in [3.63, 3.8) is 0 Å². The second-order valence-corrected chi connectivity index (χ2v) is 7.67. The molecular formula is C20H24N4O7S. The quantitative estimate of drug-likeness (QED) is 0.325. The summed E-state index contributed by atoms with van der Waals surface area (Å²) in [7, 11) is 3.03. The fourth-order valence-electron chi connectivity index (χ4n) is 2.95. The molecule has 2 heterocycles. The van der Waals surface area contributed by atoms with Gasteiger partial charge in [-0.3, -0.25) is 19.1 Å². The summed E-state index contributed by atoms with van der Waals surface area (Å²) >= 11 is 1.05. The highest BCUT2D eigenvalue weighted by molar-refractivity contribution is 7.99. The molecule has 0 fully saturated rings. The number of nitrogens with one attached hydrogen (secondary N) is 1. The van der Waals surface area contributed by atoms with E-state index in [4.69, 9.17) is 14.2 Å². The lowest BCUT2D eigenvalue weighted by atomic mass is 10.3. The van der Waals surface area contributed by atoms with Crippen molar-refractivity contribution in [2.45, 2.75) is 24.7 Å². The molecule has 2 aromatic heterocycles. The number of esters is 1. The summed E-state index contributed by atoms with van der Waals surface area (Å²) in [5.41, 5.74) is -0.991. The van der Waals surface area contributed by atoms with Gasteiger partial charge in [0, 0.05) is 7.05 Å². The number of ether oxygens (including phenoxy) is 3. The Balaban J connectivity index is 1.84. The van der Waals surface area contributed by atoms with Crippen LogP contribution >= 0.6 is 11.8 Å². The molecule has 0 aliphatic heterocycles. The molecule has 3 aromatic rings. The van der Waals surface area contributed by atoms with Crippen LogP contribution in [0.3, 0.4) is 0 Å². The molecule has 32 heavy (non-hydrogen) atoms. The molecule has 172 valence electrons. The summed E-state index contributed by atoms with van der Waals surface area (Å²) in [4.78, 5) is 42.8. The second kappa shape index (κ2) is 10.4. The van der Waals surface area contributed by atoms with Crippen molar-refractivity contribution in [3.8, 4) is 11.5 Å². The number of fused-ring (bicyclic) bond motifs is 1. The fraction of sp³-hybridized carbons (Fsp3) is 0.400. The summed E-state index contributed by atoms with van der Waals surface area (Å²) in [6.07, 6.45) is -1.01. The molecule has 0 radical (unpaired) electrons. The van der Waals surface area contributed by atoms with Gasteiger partial charge in [0.1, 0.15) is 24.2 Å². The number of nitrogens with zero attached hydrogens (tertiary/aromatic N) is 3. The van der Waals surface area contributed by atoms with Gasteiger partial charge in [0.15, 0.2) is 16.3 Å². The maximum atomic E-state index is 12.5. The van der Waals surface area contributed by atoms with Gasteiger partial charge in [0.25, 0.3) is 5.56 Å². The number of aromatic nitrogens is 4. The summed E-state index contributed by atoms with van der Waals surface area (Å²) in [5.74, 6) is 0.734. The number of carbonyl (C=O) groups excluding carboxylic acids is 1. The van der Waals surface area contributed by atoms with Gasteiger partial charge in [-0.05, 0) is 31.2 Å². The minimum absolute atomic E-state index is 0.0402. The molecule has 0 saturated heterocycles. The Labute approximate surface area is 186 Å². The minimum Gasteiger partial charge on any atom is -0.497 e. The molecule has 2 N–H and O–H groups in total. The van der Waals surface area contributed by atoms with Crippen LogP contribution in [0.4, 0.5) is 0 Å². The maximum Gasteiger partial charge on any atom is 0.329 e. The molecule has 0 aliphatic rings. The van der Waals surface area contributed by atoms with Crippen LogP contribution in [0.1, 0.15) is 6.92 Å². The topological polar surface area (TPSA) is 138 Å². The van der Waals surface area contributed by atoms with Crippen molar-refractivity contribution in [3.05, 3.63) is 45.1 Å². The van der Waals surface area contributed by atoms with Crippen LogP contribution in [0.15, 0.2) is 39.0 Å². The first-order chi connectivity index (χ1) is 15.3. The Morgan fingerprint density at radius 3 is 2.59 bits per heavy atom. The fourth-order valence-corrected chi connectivity index (χ4v) is 3.75. The Morgan fingerprint density at radius 1 is 1.25 bits per heavy atom. The van der Waals surface area contributed by atoms with Gasteiger partial charge in [0.2, 0.25) is 0 Å². The van der Waals surface area contributed by atoms with Gasteiger partial charge >= 0.3 is 11.7 Å². The number of thioether (sulfide) groups is 1. The Kier molecular flexibility index (Phi) is 7.59. The molecule has 12 heteroatoms. The summed E-state index contributed by atoms with van der Waals surface area (Å²) in [5, 5.41) is 10.9. The van der Waals surface area contributed by atoms with Crippen molar-refractivity contribution >= 4 is 28.9 Å². The Morgan fingerprint density at radius 2 is 1.94 bits per heavy atom. The standard InChI is InChI=1S/C20H24N4O7S/c1-4-30-15(26)11-32-20-21-17-16(18(27)22-19(28)23(17)2)24(20)9-12(25)10-31-14-7-5-13(29-3)6-8-14/h5-8,12,25H,4,9-11H2,1-3H3,(H,22,27,28)/t12-/m1/s1. The SMILES string of the molecule is CCOC(=O)CSc1nc2c(c(=O)[nH]c(=O)n2C)n1C[C@@H](O)COc1ccc(OC)cc1. The number of hydrogen-bond acceptors (Lipinski definition) is 9. The van der Waals surface area contributed by atoms with Crippen molar-refractivity contribution in [2.24, 2.45) is 7.05 Å². The predicted octanol–water partition coefficient (Wildman–Crippen LogP) is 0.527. The van der Waals surface area contributed by atoms with E-state index in [0.717, 1.165) is 11.8 Å². The molecule has 0 bridgehead atoms. The highest BCUT2D eigenvalue weighted by atomic mass is 32.2. The molecule has 1 atom stereocenters. The second-order valence-electron chi connectivity index (χ2n) is 6.73. The zero-order chi connectivity index (χ0) is 23.3. The lowest BCUT2D eigenvalue weighted by Crippen LogP contribution is -2.30. The number of aromatic amines is 1. The Hall–Kier alpha value is -3.25. The van der Waals surface area contributed by atoms with E-state index in [0.29, 0.717) is 16.7 Å². The van der Waals surface area contributed by atoms with E-state index in [1.54, 1.807) is 38.3 Å². The first-order valence-electron chi connectivity index (χ1n) is 9.76. The van der Waals surface area contributed by atoms with Crippen molar-refractivity contribution in [1.82, 2.24) is 19.1 Å². The highest BCUT2D eigenvalue weighted by Gasteiger charge is 2.21. The van der Waals surface area contributed by atoms with Gasteiger partial charge in [-0.15, -0.1) is 0 Å². The van der Waals surface area contributed by atoms with Crippen molar-refractivity contribution < 1.29 is 24.1 Å². The average Bonchev–Trinajstić information content (AvgIpc) is 3.14. The third-order valence-electron chi connectivity index (χ3n) is 4.49. The largest absolute Gasteiger partial charge is 0.497 e. The van der Waals surface area contributed by atoms with E-state index in [1.165, 1.54) is 16.2 Å². The van der Waals surface area contributed by atoms with Gasteiger partial charge < -0.3 is 23.9 Å². The molecule has 0 unspecified atom stereocenters. The molecule has 1 aromatic carbocycles. The number of methoxy groups -OCH3 is 1. The van der Waals surface area contributed by atoms with E-state index in [1.807, 2.05) is 0 Å². The predicted molar refractivity (Wildman–Crippen MR) is 117 cm³/mol. The lowest BCUT2D eigenvalue weighted by molar-refractivity contribution is -0.139. The number of imidazole rings is 1. The number of H-pyrrole nitrogens is 1. The molecule has 0 saturated carbocycles. The zero-order valence-electron chi connectivity index (χ0n) is 17.9. The molecule has 0 spiro atoms. The van der Waals surface area contributed by atoms with Crippen molar-refractivity contribution in [2.75, 3.05) is 26.1 Å². The lowest BCUT2D eigenvalue weighted by Gasteiger charge is -2.15. The monoisotopic (exact) mass is 464 g/mol. The third-order valence-corrected chi connectivity index (χ3v) is 5.44. The number of aliphatic hydroxyl groups excluding tert-OH is 1. The summed E-state index contributed by atoms with van der Waals surface area (Å²) < 4.78 is 18.3. The van der Waals surface area contributed by atoms with Crippen LogP contribution in [-0.4, -0.2) is 62.4 Å². The van der Waals surface area contributed by atoms with Gasteiger partial charge in [0.05, 0.1) is 26.0 Å². The molecule has 3 rings (SSSR count). The van der Waals surface area contributed by atoms with Crippen LogP contribution in [0.5, 0.6) is 11.5 Å². The number of aryl methyl sites for hydroxylation is 1. The summed E-state index contributed by atoms with van der Waals surface area (Å²) in [6.45, 7) is 1.84. The average molecular weight is 465 g/mol. The molecular weight excluding hydrogens is 440 g/mol. The highest BCUT2D eigenvalue weighted by Crippen LogP contribution is 2.23. The smallest absolute Gasteiger partial charge is 0.329 e. The number of aliphatic hydroxyl groups is 1. The molecule has 0 aliphatic carbocycles. The van der Waals surface area contributed by atoms with Gasteiger partial charge in [-0.25, -0.2) is 9.78 Å².